The fourth-order valence-electron chi connectivity index (χ4n) is 1.93. The Balaban J connectivity index is 1.97. The molecule has 0 aromatic rings. The number of aliphatic carboxylic acids is 1. The average Bonchev–Trinajstić information content (AvgIpc) is 2.75. The largest absolute Gasteiger partial charge is 0.480 e. The van der Waals surface area contributed by atoms with Crippen LogP contribution in [0.25, 0.3) is 0 Å². The van der Waals surface area contributed by atoms with Gasteiger partial charge in [-0.2, -0.15) is 0 Å². The van der Waals surface area contributed by atoms with E-state index in [2.05, 4.69) is 10.2 Å². The van der Waals surface area contributed by atoms with Crippen LogP contribution in [-0.2, 0) is 4.79 Å². The van der Waals surface area contributed by atoms with E-state index >= 15 is 0 Å². The standard InChI is InChI=1S/C8H14N2O2/c11-7(12)5-10-4-3-9-6-8(10)1-2-8/h9H,1-6H2,(H,11,12). The summed E-state index contributed by atoms with van der Waals surface area (Å²) < 4.78 is 0. The Bertz CT molecular complexity index is 201. The van der Waals surface area contributed by atoms with Crippen molar-refractivity contribution in [3.63, 3.8) is 0 Å². The van der Waals surface area contributed by atoms with Gasteiger partial charge in [-0.05, 0) is 12.8 Å². The highest BCUT2D eigenvalue weighted by Crippen LogP contribution is 2.41. The minimum Gasteiger partial charge on any atom is -0.480 e. The monoisotopic (exact) mass is 170 g/mol. The second-order valence-electron chi connectivity index (χ2n) is 3.72. The molecule has 4 heteroatoms. The molecule has 2 N–H and O–H groups in total. The van der Waals surface area contributed by atoms with Gasteiger partial charge in [-0.1, -0.05) is 0 Å². The van der Waals surface area contributed by atoms with E-state index in [-0.39, 0.29) is 12.1 Å². The van der Waals surface area contributed by atoms with E-state index in [4.69, 9.17) is 5.11 Å². The van der Waals surface area contributed by atoms with Gasteiger partial charge >= 0.3 is 5.97 Å². The molecule has 2 fully saturated rings. The fourth-order valence-corrected chi connectivity index (χ4v) is 1.93. The quantitative estimate of drug-likeness (QED) is 0.587. The Kier molecular flexibility index (Phi) is 1.81. The molecular formula is C8H14N2O2. The summed E-state index contributed by atoms with van der Waals surface area (Å²) >= 11 is 0. The highest BCUT2D eigenvalue weighted by Gasteiger charge is 2.49. The number of piperazine rings is 1. The van der Waals surface area contributed by atoms with Crippen LogP contribution in [0.1, 0.15) is 12.8 Å². The maximum Gasteiger partial charge on any atom is 0.317 e. The van der Waals surface area contributed by atoms with Crippen molar-refractivity contribution < 1.29 is 9.90 Å². The zero-order valence-corrected chi connectivity index (χ0v) is 7.05. The Morgan fingerprint density at radius 3 is 2.92 bits per heavy atom. The van der Waals surface area contributed by atoms with Crippen molar-refractivity contribution >= 4 is 5.97 Å². The maximum atomic E-state index is 10.5. The molecule has 12 heavy (non-hydrogen) atoms. The molecule has 1 saturated carbocycles. The van der Waals surface area contributed by atoms with E-state index in [1.807, 2.05) is 0 Å². The molecule has 0 aromatic heterocycles. The summed E-state index contributed by atoms with van der Waals surface area (Å²) in [6, 6.07) is 0. The minimum absolute atomic E-state index is 0.210. The van der Waals surface area contributed by atoms with Gasteiger partial charge in [-0.25, -0.2) is 0 Å². The lowest BCUT2D eigenvalue weighted by molar-refractivity contribution is -0.139. The summed E-state index contributed by atoms with van der Waals surface area (Å²) in [5, 5.41) is 12.0. The number of carboxylic acid groups (broad SMARTS) is 1. The van der Waals surface area contributed by atoms with Crippen LogP contribution < -0.4 is 5.32 Å². The molecule has 0 bridgehead atoms. The van der Waals surface area contributed by atoms with Gasteiger partial charge in [0.25, 0.3) is 0 Å². The highest BCUT2D eigenvalue weighted by atomic mass is 16.4. The number of nitrogens with one attached hydrogen (secondary N) is 1. The van der Waals surface area contributed by atoms with Crippen LogP contribution in [-0.4, -0.2) is 47.7 Å². The first kappa shape index (κ1) is 8.01. The predicted octanol–water partition coefficient (Wildman–Crippen LogP) is -0.491. The summed E-state index contributed by atoms with van der Waals surface area (Å²) in [5.74, 6) is -0.705. The van der Waals surface area contributed by atoms with Crippen LogP contribution in [0.3, 0.4) is 0 Å². The van der Waals surface area contributed by atoms with E-state index in [1.54, 1.807) is 0 Å². The van der Waals surface area contributed by atoms with Crippen LogP contribution in [0.2, 0.25) is 0 Å². The van der Waals surface area contributed by atoms with Crippen molar-refractivity contribution in [1.29, 1.82) is 0 Å². The van der Waals surface area contributed by atoms with Crippen molar-refractivity contribution in [2.24, 2.45) is 0 Å². The second-order valence-corrected chi connectivity index (χ2v) is 3.72. The number of nitrogens with zero attached hydrogens (tertiary/aromatic N) is 1. The van der Waals surface area contributed by atoms with Gasteiger partial charge < -0.3 is 10.4 Å². The van der Waals surface area contributed by atoms with Gasteiger partial charge in [-0.15, -0.1) is 0 Å². The van der Waals surface area contributed by atoms with Crippen molar-refractivity contribution in [3.05, 3.63) is 0 Å². The van der Waals surface area contributed by atoms with E-state index in [9.17, 15) is 4.79 Å². The first-order valence-corrected chi connectivity index (χ1v) is 4.41. The van der Waals surface area contributed by atoms with E-state index < -0.39 is 5.97 Å². The Labute approximate surface area is 71.5 Å². The molecule has 4 nitrogen and oxygen atoms in total. The number of rotatable bonds is 2. The molecule has 1 spiro atoms. The molecule has 0 amide bonds. The van der Waals surface area contributed by atoms with Crippen LogP contribution >= 0.6 is 0 Å². The zero-order valence-electron chi connectivity index (χ0n) is 7.05. The SMILES string of the molecule is O=C(O)CN1CCNCC12CC2. The molecule has 2 rings (SSSR count). The smallest absolute Gasteiger partial charge is 0.317 e. The van der Waals surface area contributed by atoms with Crippen LogP contribution in [0.4, 0.5) is 0 Å². The van der Waals surface area contributed by atoms with Gasteiger partial charge in [0.1, 0.15) is 0 Å². The molecule has 0 unspecified atom stereocenters. The fraction of sp³-hybridized carbons (Fsp3) is 0.875. The molecule has 1 aliphatic heterocycles. The molecule has 0 radical (unpaired) electrons. The van der Waals surface area contributed by atoms with Gasteiger partial charge in [0.2, 0.25) is 0 Å². The highest BCUT2D eigenvalue weighted by molar-refractivity contribution is 5.69. The van der Waals surface area contributed by atoms with Crippen LogP contribution in [0.5, 0.6) is 0 Å². The third-order valence-electron chi connectivity index (χ3n) is 2.84. The lowest BCUT2D eigenvalue weighted by Crippen LogP contribution is -2.54. The molecule has 1 saturated heterocycles. The Hall–Kier alpha value is -0.610. The maximum absolute atomic E-state index is 10.5. The third kappa shape index (κ3) is 1.32. The number of carbonyl (C=O) groups is 1. The van der Waals surface area contributed by atoms with Gasteiger partial charge in [-0.3, -0.25) is 9.69 Å². The van der Waals surface area contributed by atoms with Gasteiger partial charge in [0, 0.05) is 25.2 Å². The van der Waals surface area contributed by atoms with Crippen molar-refractivity contribution in [3.8, 4) is 0 Å². The molecule has 1 heterocycles. The van der Waals surface area contributed by atoms with E-state index in [0.717, 1.165) is 32.5 Å². The first-order chi connectivity index (χ1) is 5.73. The molecule has 0 atom stereocenters. The molecule has 2 aliphatic rings. The third-order valence-corrected chi connectivity index (χ3v) is 2.84. The summed E-state index contributed by atoms with van der Waals surface area (Å²) in [5.41, 5.74) is 0.219. The van der Waals surface area contributed by atoms with Crippen molar-refractivity contribution in [2.45, 2.75) is 18.4 Å². The van der Waals surface area contributed by atoms with Crippen molar-refractivity contribution in [1.82, 2.24) is 10.2 Å². The topological polar surface area (TPSA) is 52.6 Å². The van der Waals surface area contributed by atoms with E-state index in [1.165, 1.54) is 0 Å². The van der Waals surface area contributed by atoms with Gasteiger partial charge in [0.15, 0.2) is 0 Å². The molecule has 1 aliphatic carbocycles. The summed E-state index contributed by atoms with van der Waals surface area (Å²) in [6.07, 6.45) is 2.32. The lowest BCUT2D eigenvalue weighted by atomic mass is 10.1. The van der Waals surface area contributed by atoms with E-state index in [0.29, 0.717) is 0 Å². The average molecular weight is 170 g/mol. The number of carboxylic acids is 1. The lowest BCUT2D eigenvalue weighted by Gasteiger charge is -2.35. The minimum atomic E-state index is -0.705. The van der Waals surface area contributed by atoms with Crippen molar-refractivity contribution in [2.75, 3.05) is 26.2 Å². The van der Waals surface area contributed by atoms with Crippen LogP contribution in [0, 0.1) is 0 Å². The van der Waals surface area contributed by atoms with Crippen LogP contribution in [0.15, 0.2) is 0 Å². The molecular weight excluding hydrogens is 156 g/mol. The molecule has 68 valence electrons. The molecule has 0 aromatic carbocycles. The summed E-state index contributed by atoms with van der Waals surface area (Å²) in [4.78, 5) is 12.6. The predicted molar refractivity (Wildman–Crippen MR) is 44.0 cm³/mol. The Morgan fingerprint density at radius 1 is 1.58 bits per heavy atom. The summed E-state index contributed by atoms with van der Waals surface area (Å²) in [6.45, 7) is 2.99. The number of hydrogen-bond donors (Lipinski definition) is 2. The second kappa shape index (κ2) is 2.71. The van der Waals surface area contributed by atoms with Gasteiger partial charge in [0.05, 0.1) is 6.54 Å². The summed E-state index contributed by atoms with van der Waals surface area (Å²) in [7, 11) is 0. The Morgan fingerprint density at radius 2 is 2.33 bits per heavy atom. The zero-order chi connectivity index (χ0) is 8.60. The first-order valence-electron chi connectivity index (χ1n) is 4.41. The number of hydrogen-bond acceptors (Lipinski definition) is 3. The normalized spacial score (nSPS) is 27.3.